The van der Waals surface area contributed by atoms with Crippen molar-refractivity contribution in [1.29, 1.82) is 0 Å². The van der Waals surface area contributed by atoms with Crippen LogP contribution in [-0.2, 0) is 4.79 Å². The second kappa shape index (κ2) is 6.91. The van der Waals surface area contributed by atoms with Crippen molar-refractivity contribution in [2.24, 2.45) is 0 Å². The molecule has 2 aromatic rings. The Morgan fingerprint density at radius 1 is 1.33 bits per heavy atom. The van der Waals surface area contributed by atoms with Gasteiger partial charge in [-0.05, 0) is 48.9 Å². The lowest BCUT2D eigenvalue weighted by Crippen LogP contribution is -2.20. The Bertz CT molecular complexity index is 679. The van der Waals surface area contributed by atoms with Crippen LogP contribution in [0.4, 0.5) is 10.1 Å². The highest BCUT2D eigenvalue weighted by molar-refractivity contribution is 9.10. The second-order valence-electron chi connectivity index (χ2n) is 4.38. The Morgan fingerprint density at radius 2 is 2.10 bits per heavy atom. The molecule has 0 radical (unpaired) electrons. The van der Waals surface area contributed by atoms with Crippen molar-refractivity contribution in [3.63, 3.8) is 0 Å². The van der Waals surface area contributed by atoms with Gasteiger partial charge in [0.15, 0.2) is 6.61 Å². The Balaban J connectivity index is 1.92. The molecule has 110 valence electrons. The lowest BCUT2D eigenvalue weighted by Gasteiger charge is -2.09. The van der Waals surface area contributed by atoms with Crippen LogP contribution in [0.15, 0.2) is 40.9 Å². The van der Waals surface area contributed by atoms with Gasteiger partial charge < -0.3 is 10.1 Å². The molecular weight excluding hydrogens is 361 g/mol. The van der Waals surface area contributed by atoms with Gasteiger partial charge in [0, 0.05) is 10.2 Å². The van der Waals surface area contributed by atoms with Crippen LogP contribution in [0.25, 0.3) is 0 Å². The highest BCUT2D eigenvalue weighted by Gasteiger charge is 2.07. The monoisotopic (exact) mass is 371 g/mol. The van der Waals surface area contributed by atoms with Gasteiger partial charge in [-0.15, -0.1) is 0 Å². The third-order valence-electron chi connectivity index (χ3n) is 2.70. The van der Waals surface area contributed by atoms with Crippen LogP contribution in [0.1, 0.15) is 5.56 Å². The molecule has 2 aromatic carbocycles. The summed E-state index contributed by atoms with van der Waals surface area (Å²) < 4.78 is 19.4. The molecule has 0 aliphatic carbocycles. The molecule has 6 heteroatoms. The summed E-state index contributed by atoms with van der Waals surface area (Å²) >= 11 is 9.03. The molecule has 0 bridgehead atoms. The second-order valence-corrected chi connectivity index (χ2v) is 5.64. The van der Waals surface area contributed by atoms with Crippen LogP contribution in [0, 0.1) is 12.7 Å². The molecule has 1 N–H and O–H groups in total. The largest absolute Gasteiger partial charge is 0.484 e. The van der Waals surface area contributed by atoms with E-state index in [2.05, 4.69) is 21.2 Å². The lowest BCUT2D eigenvalue weighted by molar-refractivity contribution is -0.118. The molecule has 0 aliphatic heterocycles. The molecular formula is C15H12BrClFNO2. The first-order valence-corrected chi connectivity index (χ1v) is 7.26. The van der Waals surface area contributed by atoms with Gasteiger partial charge >= 0.3 is 0 Å². The minimum atomic E-state index is -0.531. The van der Waals surface area contributed by atoms with E-state index in [0.29, 0.717) is 11.4 Å². The van der Waals surface area contributed by atoms with E-state index in [0.717, 1.165) is 10.0 Å². The fourth-order valence-corrected chi connectivity index (χ4v) is 2.05. The van der Waals surface area contributed by atoms with E-state index in [1.54, 1.807) is 6.07 Å². The Kier molecular flexibility index (Phi) is 5.20. The van der Waals surface area contributed by atoms with Crippen molar-refractivity contribution in [1.82, 2.24) is 0 Å². The summed E-state index contributed by atoms with van der Waals surface area (Å²) in [5, 5.41) is 2.54. The van der Waals surface area contributed by atoms with E-state index in [4.69, 9.17) is 16.3 Å². The smallest absolute Gasteiger partial charge is 0.262 e. The van der Waals surface area contributed by atoms with Crippen molar-refractivity contribution in [3.05, 3.63) is 57.3 Å². The zero-order chi connectivity index (χ0) is 15.4. The van der Waals surface area contributed by atoms with Gasteiger partial charge in [0.2, 0.25) is 0 Å². The first-order valence-electron chi connectivity index (χ1n) is 6.09. The number of carbonyl (C=O) groups is 1. The molecule has 0 saturated carbocycles. The summed E-state index contributed by atoms with van der Waals surface area (Å²) in [6, 6.07) is 9.41. The molecule has 0 spiro atoms. The maximum absolute atomic E-state index is 13.0. The molecule has 0 unspecified atom stereocenters. The van der Waals surface area contributed by atoms with Gasteiger partial charge in [0.1, 0.15) is 11.6 Å². The highest BCUT2D eigenvalue weighted by Crippen LogP contribution is 2.22. The first-order chi connectivity index (χ1) is 9.95. The molecule has 1 amide bonds. The Hall–Kier alpha value is -1.59. The minimum absolute atomic E-state index is 0.0442. The van der Waals surface area contributed by atoms with Crippen LogP contribution < -0.4 is 10.1 Å². The molecule has 3 nitrogen and oxygen atoms in total. The van der Waals surface area contributed by atoms with Crippen LogP contribution >= 0.6 is 27.5 Å². The van der Waals surface area contributed by atoms with E-state index in [-0.39, 0.29) is 17.5 Å². The maximum Gasteiger partial charge on any atom is 0.262 e. The van der Waals surface area contributed by atoms with Crippen molar-refractivity contribution in [3.8, 4) is 5.75 Å². The summed E-state index contributed by atoms with van der Waals surface area (Å²) in [6.45, 7) is 1.79. The number of nitrogens with one attached hydrogen (secondary N) is 1. The molecule has 2 rings (SSSR count). The zero-order valence-electron chi connectivity index (χ0n) is 11.1. The van der Waals surface area contributed by atoms with E-state index in [1.807, 2.05) is 19.1 Å². The number of ether oxygens (including phenoxy) is 1. The number of anilines is 1. The molecule has 0 atom stereocenters. The first kappa shape index (κ1) is 15.8. The molecule has 21 heavy (non-hydrogen) atoms. The summed E-state index contributed by atoms with van der Waals surface area (Å²) in [7, 11) is 0. The van der Waals surface area contributed by atoms with Gasteiger partial charge in [-0.25, -0.2) is 4.39 Å². The fraction of sp³-hybridized carbons (Fsp3) is 0.133. The number of halogens is 3. The number of benzene rings is 2. The molecule has 0 aliphatic rings. The predicted molar refractivity (Wildman–Crippen MR) is 84.4 cm³/mol. The summed E-state index contributed by atoms with van der Waals surface area (Å²) in [4.78, 5) is 11.8. The number of rotatable bonds is 4. The SMILES string of the molecule is Cc1cc(OCC(=O)Nc2ccc(F)c(Cl)c2)ccc1Br. The van der Waals surface area contributed by atoms with E-state index < -0.39 is 5.82 Å². The topological polar surface area (TPSA) is 38.3 Å². The van der Waals surface area contributed by atoms with E-state index >= 15 is 0 Å². The Labute approximate surface area is 135 Å². The van der Waals surface area contributed by atoms with Gasteiger partial charge in [-0.2, -0.15) is 0 Å². The van der Waals surface area contributed by atoms with E-state index in [9.17, 15) is 9.18 Å². The summed E-state index contributed by atoms with van der Waals surface area (Å²) in [5.74, 6) is -0.280. The average Bonchev–Trinajstić information content (AvgIpc) is 2.44. The fourth-order valence-electron chi connectivity index (χ4n) is 1.63. The lowest BCUT2D eigenvalue weighted by atomic mass is 10.2. The van der Waals surface area contributed by atoms with Crippen LogP contribution in [0.5, 0.6) is 5.75 Å². The van der Waals surface area contributed by atoms with Crippen molar-refractivity contribution < 1.29 is 13.9 Å². The van der Waals surface area contributed by atoms with Gasteiger partial charge in [-0.1, -0.05) is 27.5 Å². The molecule has 0 saturated heterocycles. The molecule has 0 fully saturated rings. The van der Waals surface area contributed by atoms with Crippen molar-refractivity contribution in [2.45, 2.75) is 6.92 Å². The van der Waals surface area contributed by atoms with Crippen LogP contribution in [0.2, 0.25) is 5.02 Å². The van der Waals surface area contributed by atoms with Gasteiger partial charge in [-0.3, -0.25) is 4.79 Å². The predicted octanol–water partition coefficient (Wildman–Crippen LogP) is 4.57. The van der Waals surface area contributed by atoms with Crippen molar-refractivity contribution >= 4 is 39.1 Å². The number of aryl methyl sites for hydroxylation is 1. The zero-order valence-corrected chi connectivity index (χ0v) is 13.5. The standard InChI is InChI=1S/C15H12BrClFNO2/c1-9-6-11(3-4-12(9)16)21-8-15(20)19-10-2-5-14(18)13(17)7-10/h2-7H,8H2,1H3,(H,19,20). The van der Waals surface area contributed by atoms with Gasteiger partial charge in [0.25, 0.3) is 5.91 Å². The van der Waals surface area contributed by atoms with Gasteiger partial charge in [0.05, 0.1) is 5.02 Å². The molecule has 0 heterocycles. The van der Waals surface area contributed by atoms with Crippen LogP contribution in [-0.4, -0.2) is 12.5 Å². The number of hydrogen-bond donors (Lipinski definition) is 1. The average molecular weight is 373 g/mol. The quantitative estimate of drug-likeness (QED) is 0.854. The van der Waals surface area contributed by atoms with Crippen LogP contribution in [0.3, 0.4) is 0 Å². The number of amides is 1. The highest BCUT2D eigenvalue weighted by atomic mass is 79.9. The number of carbonyl (C=O) groups excluding carboxylic acids is 1. The minimum Gasteiger partial charge on any atom is -0.484 e. The molecule has 0 aromatic heterocycles. The summed E-state index contributed by atoms with van der Waals surface area (Å²) in [5.41, 5.74) is 1.43. The third-order valence-corrected chi connectivity index (χ3v) is 3.88. The third kappa shape index (κ3) is 4.44. The maximum atomic E-state index is 13.0. The normalized spacial score (nSPS) is 10.3. The Morgan fingerprint density at radius 3 is 2.76 bits per heavy atom. The summed E-state index contributed by atoms with van der Waals surface area (Å²) in [6.07, 6.45) is 0. The van der Waals surface area contributed by atoms with E-state index in [1.165, 1.54) is 18.2 Å². The number of hydrogen-bond acceptors (Lipinski definition) is 2. The van der Waals surface area contributed by atoms with Crippen molar-refractivity contribution in [2.75, 3.05) is 11.9 Å².